The van der Waals surface area contributed by atoms with Crippen molar-refractivity contribution < 1.29 is 16.8 Å². The fourth-order valence-electron chi connectivity index (χ4n) is 3.04. The Kier molecular flexibility index (Phi) is 5.75. The van der Waals surface area contributed by atoms with Gasteiger partial charge in [0.2, 0.25) is 20.0 Å². The van der Waals surface area contributed by atoms with Crippen molar-refractivity contribution in [3.05, 3.63) is 34.9 Å². The molecule has 1 aliphatic heterocycles. The Hall–Kier alpha value is -0.670. The molecular formula is C16H23ClN2O4S2. The van der Waals surface area contributed by atoms with Gasteiger partial charge in [0, 0.05) is 24.7 Å². The highest BCUT2D eigenvalue weighted by molar-refractivity contribution is 7.90. The van der Waals surface area contributed by atoms with Gasteiger partial charge in [-0.1, -0.05) is 23.7 Å². The molecular weight excluding hydrogens is 384 g/mol. The summed E-state index contributed by atoms with van der Waals surface area (Å²) in [6.07, 6.45) is 2.92. The molecule has 9 heteroatoms. The SMILES string of the molecule is O=S(=O)(Cc1ccc(Cl)cc1)NCC1CCN(S(=O)(=O)C2CC2)CC1. The lowest BCUT2D eigenvalue weighted by Gasteiger charge is -2.31. The maximum atomic E-state index is 12.2. The van der Waals surface area contributed by atoms with Crippen LogP contribution in [0.5, 0.6) is 0 Å². The third-order valence-corrected chi connectivity index (χ3v) is 8.71. The van der Waals surface area contributed by atoms with E-state index in [2.05, 4.69) is 4.72 Å². The number of rotatable bonds is 7. The van der Waals surface area contributed by atoms with Crippen molar-refractivity contribution in [3.63, 3.8) is 0 Å². The summed E-state index contributed by atoms with van der Waals surface area (Å²) in [5, 5.41) is 0.393. The van der Waals surface area contributed by atoms with E-state index in [0.29, 0.717) is 43.1 Å². The Bertz CT molecular complexity index is 797. The lowest BCUT2D eigenvalue weighted by atomic mass is 9.99. The molecule has 0 bridgehead atoms. The Morgan fingerprint density at radius 3 is 2.16 bits per heavy atom. The Labute approximate surface area is 154 Å². The third-order valence-electron chi connectivity index (χ3n) is 4.74. The van der Waals surface area contributed by atoms with Crippen LogP contribution in [0.4, 0.5) is 0 Å². The van der Waals surface area contributed by atoms with Crippen molar-refractivity contribution in [1.82, 2.24) is 9.03 Å². The number of halogens is 1. The van der Waals surface area contributed by atoms with Gasteiger partial charge < -0.3 is 0 Å². The van der Waals surface area contributed by atoms with Gasteiger partial charge >= 0.3 is 0 Å². The topological polar surface area (TPSA) is 83.6 Å². The maximum absolute atomic E-state index is 12.2. The smallest absolute Gasteiger partial charge is 0.215 e. The van der Waals surface area contributed by atoms with Crippen LogP contribution in [-0.4, -0.2) is 46.0 Å². The first-order valence-electron chi connectivity index (χ1n) is 8.47. The first-order valence-corrected chi connectivity index (χ1v) is 12.0. The van der Waals surface area contributed by atoms with Gasteiger partial charge in [-0.25, -0.2) is 25.9 Å². The number of nitrogens with one attached hydrogen (secondary N) is 1. The van der Waals surface area contributed by atoms with Crippen LogP contribution < -0.4 is 4.72 Å². The second-order valence-corrected chi connectivity index (χ2v) is 11.3. The normalized spacial score (nSPS) is 20.7. The van der Waals surface area contributed by atoms with Crippen LogP contribution in [0, 0.1) is 5.92 Å². The summed E-state index contributed by atoms with van der Waals surface area (Å²) in [5.74, 6) is 0.0876. The predicted octanol–water partition coefficient (Wildman–Crippen LogP) is 1.96. The molecule has 6 nitrogen and oxygen atoms in total. The van der Waals surface area contributed by atoms with Gasteiger partial charge in [-0.15, -0.1) is 0 Å². The van der Waals surface area contributed by atoms with Crippen molar-refractivity contribution in [1.29, 1.82) is 0 Å². The van der Waals surface area contributed by atoms with Crippen LogP contribution in [0.3, 0.4) is 0 Å². The monoisotopic (exact) mass is 406 g/mol. The van der Waals surface area contributed by atoms with E-state index in [1.54, 1.807) is 28.6 Å². The average molecular weight is 407 g/mol. The van der Waals surface area contributed by atoms with Crippen LogP contribution in [0.1, 0.15) is 31.2 Å². The van der Waals surface area contributed by atoms with Crippen molar-refractivity contribution >= 4 is 31.6 Å². The molecule has 1 saturated heterocycles. The highest BCUT2D eigenvalue weighted by atomic mass is 35.5. The molecule has 1 N–H and O–H groups in total. The van der Waals surface area contributed by atoms with Crippen molar-refractivity contribution in [3.8, 4) is 0 Å². The molecule has 2 aliphatic rings. The molecule has 140 valence electrons. The van der Waals surface area contributed by atoms with E-state index in [9.17, 15) is 16.8 Å². The minimum Gasteiger partial charge on any atom is -0.215 e. The number of nitrogens with zero attached hydrogens (tertiary/aromatic N) is 1. The average Bonchev–Trinajstić information content (AvgIpc) is 3.41. The summed E-state index contributed by atoms with van der Waals surface area (Å²) in [6.45, 7) is 1.33. The fraction of sp³-hybridized carbons (Fsp3) is 0.625. The molecule has 25 heavy (non-hydrogen) atoms. The number of hydrogen-bond acceptors (Lipinski definition) is 4. The molecule has 0 atom stereocenters. The van der Waals surface area contributed by atoms with Crippen LogP contribution in [0.2, 0.25) is 5.02 Å². The van der Waals surface area contributed by atoms with E-state index < -0.39 is 20.0 Å². The Morgan fingerprint density at radius 1 is 1.00 bits per heavy atom. The highest BCUT2D eigenvalue weighted by Gasteiger charge is 2.41. The van der Waals surface area contributed by atoms with Crippen molar-refractivity contribution in [2.75, 3.05) is 19.6 Å². The lowest BCUT2D eigenvalue weighted by Crippen LogP contribution is -2.42. The molecule has 2 fully saturated rings. The molecule has 1 aromatic rings. The summed E-state index contributed by atoms with van der Waals surface area (Å²) >= 11 is 5.80. The molecule has 1 saturated carbocycles. The molecule has 0 radical (unpaired) electrons. The van der Waals surface area contributed by atoms with Crippen LogP contribution >= 0.6 is 11.6 Å². The molecule has 3 rings (SSSR count). The highest BCUT2D eigenvalue weighted by Crippen LogP contribution is 2.33. The summed E-state index contributed by atoms with van der Waals surface area (Å²) < 4.78 is 53.0. The maximum Gasteiger partial charge on any atom is 0.216 e. The van der Waals surface area contributed by atoms with Gasteiger partial charge in [0.1, 0.15) is 0 Å². The molecule has 0 amide bonds. The number of hydrogen-bond donors (Lipinski definition) is 1. The van der Waals surface area contributed by atoms with Crippen LogP contribution in [-0.2, 0) is 25.8 Å². The zero-order chi connectivity index (χ0) is 18.1. The second-order valence-electron chi connectivity index (χ2n) is 6.82. The second kappa shape index (κ2) is 7.52. The van der Waals surface area contributed by atoms with E-state index in [0.717, 1.165) is 12.8 Å². The van der Waals surface area contributed by atoms with Crippen LogP contribution in [0.15, 0.2) is 24.3 Å². The third kappa shape index (κ3) is 5.17. The van der Waals surface area contributed by atoms with Gasteiger partial charge in [0.15, 0.2) is 0 Å². The molecule has 1 aromatic carbocycles. The first kappa shape index (κ1) is 19.1. The standard InChI is InChI=1S/C16H23ClN2O4S2/c17-15-3-1-14(2-4-15)12-24(20,21)18-11-13-7-9-19(10-8-13)25(22,23)16-5-6-16/h1-4,13,16,18H,5-12H2. The zero-order valence-electron chi connectivity index (χ0n) is 13.9. The summed E-state index contributed by atoms with van der Waals surface area (Å²) in [4.78, 5) is 0. The van der Waals surface area contributed by atoms with Gasteiger partial charge in [0.05, 0.1) is 11.0 Å². The van der Waals surface area contributed by atoms with Gasteiger partial charge in [0.25, 0.3) is 0 Å². The summed E-state index contributed by atoms with van der Waals surface area (Å²) in [7, 11) is -6.53. The molecule has 1 heterocycles. The lowest BCUT2D eigenvalue weighted by molar-refractivity contribution is 0.274. The molecule has 0 aromatic heterocycles. The number of piperidine rings is 1. The van der Waals surface area contributed by atoms with E-state index in [1.165, 1.54) is 0 Å². The minimum atomic E-state index is -3.42. The fourth-order valence-corrected chi connectivity index (χ4v) is 6.26. The number of sulfonamides is 2. The zero-order valence-corrected chi connectivity index (χ0v) is 16.3. The van der Waals surface area contributed by atoms with Gasteiger partial charge in [-0.3, -0.25) is 0 Å². The van der Waals surface area contributed by atoms with Crippen molar-refractivity contribution in [2.45, 2.75) is 36.7 Å². The van der Waals surface area contributed by atoms with E-state index in [1.807, 2.05) is 0 Å². The van der Waals surface area contributed by atoms with Gasteiger partial charge in [-0.2, -0.15) is 0 Å². The summed E-state index contributed by atoms with van der Waals surface area (Å²) in [5.41, 5.74) is 0.683. The molecule has 1 aliphatic carbocycles. The number of benzene rings is 1. The molecule has 0 spiro atoms. The molecule has 0 unspecified atom stereocenters. The van der Waals surface area contributed by atoms with Crippen molar-refractivity contribution in [2.24, 2.45) is 5.92 Å². The van der Waals surface area contributed by atoms with E-state index in [4.69, 9.17) is 11.6 Å². The largest absolute Gasteiger partial charge is 0.216 e. The van der Waals surface area contributed by atoms with Gasteiger partial charge in [-0.05, 0) is 49.3 Å². The quantitative estimate of drug-likeness (QED) is 0.750. The predicted molar refractivity (Wildman–Crippen MR) is 98.3 cm³/mol. The van der Waals surface area contributed by atoms with E-state index in [-0.39, 0.29) is 16.9 Å². The minimum absolute atomic E-state index is 0.0843. The summed E-state index contributed by atoms with van der Waals surface area (Å²) in [6, 6.07) is 6.73. The Morgan fingerprint density at radius 2 is 1.60 bits per heavy atom. The van der Waals surface area contributed by atoms with E-state index >= 15 is 0 Å². The van der Waals surface area contributed by atoms with Crippen LogP contribution in [0.25, 0.3) is 0 Å². The first-order chi connectivity index (χ1) is 11.8. The Balaban J connectivity index is 1.46.